The molecule has 3 aromatic heterocycles. The summed E-state index contributed by atoms with van der Waals surface area (Å²) in [6.07, 6.45) is 9.28. The van der Waals surface area contributed by atoms with Gasteiger partial charge in [-0.2, -0.15) is 0 Å². The standard InChI is InChI=1S/C17H17N5/c1-2-16(12-3-5-18-6-4-12)22-17-13(1)7-14(10-21-17)15-8-19-11-20-9-15/h1-2,7-12,18H,3-6H2. The second-order valence-electron chi connectivity index (χ2n) is 5.66. The van der Waals surface area contributed by atoms with Gasteiger partial charge in [-0.05, 0) is 44.1 Å². The van der Waals surface area contributed by atoms with Crippen molar-refractivity contribution in [2.24, 2.45) is 0 Å². The van der Waals surface area contributed by atoms with Crippen LogP contribution < -0.4 is 5.32 Å². The summed E-state index contributed by atoms with van der Waals surface area (Å²) < 4.78 is 0. The van der Waals surface area contributed by atoms with Gasteiger partial charge in [0.15, 0.2) is 5.65 Å². The van der Waals surface area contributed by atoms with Crippen molar-refractivity contribution in [1.29, 1.82) is 0 Å². The molecule has 0 saturated carbocycles. The number of hydrogen-bond donors (Lipinski definition) is 1. The van der Waals surface area contributed by atoms with Gasteiger partial charge in [-0.15, -0.1) is 0 Å². The molecule has 1 aliphatic rings. The number of nitrogens with one attached hydrogen (secondary N) is 1. The topological polar surface area (TPSA) is 63.6 Å². The maximum Gasteiger partial charge on any atom is 0.159 e. The molecular formula is C17H17N5. The molecule has 0 amide bonds. The third-order valence-electron chi connectivity index (χ3n) is 4.22. The number of hydrogen-bond acceptors (Lipinski definition) is 5. The molecule has 1 N–H and O–H groups in total. The molecule has 0 aromatic carbocycles. The third-order valence-corrected chi connectivity index (χ3v) is 4.22. The highest BCUT2D eigenvalue weighted by Crippen LogP contribution is 2.26. The summed E-state index contributed by atoms with van der Waals surface area (Å²) in [4.78, 5) is 17.4. The molecule has 0 radical (unpaired) electrons. The van der Waals surface area contributed by atoms with Gasteiger partial charge in [0.05, 0.1) is 0 Å². The Hall–Kier alpha value is -2.40. The number of pyridine rings is 2. The first kappa shape index (κ1) is 13.3. The van der Waals surface area contributed by atoms with Gasteiger partial charge in [0.25, 0.3) is 0 Å². The molecule has 4 heterocycles. The van der Waals surface area contributed by atoms with Gasteiger partial charge in [-0.25, -0.2) is 19.9 Å². The van der Waals surface area contributed by atoms with Crippen LogP contribution in [0.5, 0.6) is 0 Å². The smallest absolute Gasteiger partial charge is 0.159 e. The van der Waals surface area contributed by atoms with Gasteiger partial charge in [-0.1, -0.05) is 0 Å². The highest BCUT2D eigenvalue weighted by molar-refractivity contribution is 5.80. The zero-order valence-electron chi connectivity index (χ0n) is 12.2. The second kappa shape index (κ2) is 5.77. The molecule has 5 nitrogen and oxygen atoms in total. The zero-order valence-corrected chi connectivity index (χ0v) is 12.2. The first-order valence-electron chi connectivity index (χ1n) is 7.63. The lowest BCUT2D eigenvalue weighted by atomic mass is 9.94. The quantitative estimate of drug-likeness (QED) is 0.786. The maximum atomic E-state index is 4.76. The van der Waals surface area contributed by atoms with Gasteiger partial charge in [0.2, 0.25) is 0 Å². The Morgan fingerprint density at radius 2 is 1.77 bits per heavy atom. The molecule has 0 bridgehead atoms. The van der Waals surface area contributed by atoms with E-state index in [0.29, 0.717) is 5.92 Å². The third kappa shape index (κ3) is 2.55. The van der Waals surface area contributed by atoms with Crippen LogP contribution in [0.15, 0.2) is 43.1 Å². The van der Waals surface area contributed by atoms with Crippen LogP contribution in [0.3, 0.4) is 0 Å². The molecule has 3 aromatic rings. The van der Waals surface area contributed by atoms with E-state index in [1.165, 1.54) is 6.33 Å². The van der Waals surface area contributed by atoms with Crippen LogP contribution in [0.1, 0.15) is 24.5 Å². The average Bonchev–Trinajstić information content (AvgIpc) is 2.62. The van der Waals surface area contributed by atoms with Crippen LogP contribution in [-0.2, 0) is 0 Å². The van der Waals surface area contributed by atoms with E-state index in [1.54, 1.807) is 12.4 Å². The number of rotatable bonds is 2. The number of fused-ring (bicyclic) bond motifs is 1. The number of aromatic nitrogens is 4. The Labute approximate surface area is 128 Å². The summed E-state index contributed by atoms with van der Waals surface area (Å²) >= 11 is 0. The summed E-state index contributed by atoms with van der Waals surface area (Å²) in [5.41, 5.74) is 3.97. The average molecular weight is 291 g/mol. The van der Waals surface area contributed by atoms with Crippen molar-refractivity contribution < 1.29 is 0 Å². The zero-order chi connectivity index (χ0) is 14.8. The van der Waals surface area contributed by atoms with Crippen molar-refractivity contribution in [2.45, 2.75) is 18.8 Å². The van der Waals surface area contributed by atoms with Crippen molar-refractivity contribution >= 4 is 11.0 Å². The minimum absolute atomic E-state index is 0.551. The monoisotopic (exact) mass is 291 g/mol. The highest BCUT2D eigenvalue weighted by atomic mass is 14.9. The van der Waals surface area contributed by atoms with Crippen molar-refractivity contribution in [3.05, 3.63) is 48.8 Å². The SMILES string of the molecule is c1ncc(-c2cnc3nc(C4CCNCC4)ccc3c2)cn1. The Morgan fingerprint density at radius 3 is 2.59 bits per heavy atom. The summed E-state index contributed by atoms with van der Waals surface area (Å²) in [5, 5.41) is 4.45. The van der Waals surface area contributed by atoms with E-state index in [-0.39, 0.29) is 0 Å². The van der Waals surface area contributed by atoms with Gasteiger partial charge in [-0.3, -0.25) is 0 Å². The van der Waals surface area contributed by atoms with Crippen LogP contribution in [0.25, 0.3) is 22.2 Å². The first-order chi connectivity index (χ1) is 10.9. The second-order valence-corrected chi connectivity index (χ2v) is 5.66. The molecule has 4 rings (SSSR count). The van der Waals surface area contributed by atoms with Gasteiger partial charge in [0, 0.05) is 46.7 Å². The molecule has 22 heavy (non-hydrogen) atoms. The van der Waals surface area contributed by atoms with Crippen LogP contribution in [0.2, 0.25) is 0 Å². The normalized spacial score (nSPS) is 16.0. The summed E-state index contributed by atoms with van der Waals surface area (Å²) in [5.74, 6) is 0.551. The summed E-state index contributed by atoms with van der Waals surface area (Å²) in [6, 6.07) is 6.37. The van der Waals surface area contributed by atoms with E-state index < -0.39 is 0 Å². The molecule has 1 saturated heterocycles. The van der Waals surface area contributed by atoms with Crippen molar-refractivity contribution in [1.82, 2.24) is 25.3 Å². The van der Waals surface area contributed by atoms with Gasteiger partial charge in [0.1, 0.15) is 6.33 Å². The fourth-order valence-corrected chi connectivity index (χ4v) is 2.98. The molecule has 1 aliphatic heterocycles. The molecule has 110 valence electrons. The molecule has 5 heteroatoms. The first-order valence-corrected chi connectivity index (χ1v) is 7.63. The van der Waals surface area contributed by atoms with Crippen molar-refractivity contribution in [2.75, 3.05) is 13.1 Å². The molecule has 0 aliphatic carbocycles. The predicted octanol–water partition coefficient (Wildman–Crippen LogP) is 2.55. The lowest BCUT2D eigenvalue weighted by Gasteiger charge is -2.22. The van der Waals surface area contributed by atoms with Gasteiger partial charge < -0.3 is 5.32 Å². The number of piperidine rings is 1. The lowest BCUT2D eigenvalue weighted by Crippen LogP contribution is -2.27. The van der Waals surface area contributed by atoms with Crippen LogP contribution >= 0.6 is 0 Å². The van der Waals surface area contributed by atoms with E-state index in [2.05, 4.69) is 38.5 Å². The lowest BCUT2D eigenvalue weighted by molar-refractivity contribution is 0.454. The minimum Gasteiger partial charge on any atom is -0.317 e. The fourth-order valence-electron chi connectivity index (χ4n) is 2.98. The maximum absolute atomic E-state index is 4.76. The van der Waals surface area contributed by atoms with Crippen LogP contribution in [-0.4, -0.2) is 33.0 Å². The van der Waals surface area contributed by atoms with Crippen LogP contribution in [0.4, 0.5) is 0 Å². The molecular weight excluding hydrogens is 274 g/mol. The Bertz CT molecular complexity index is 781. The van der Waals surface area contributed by atoms with Crippen molar-refractivity contribution in [3.63, 3.8) is 0 Å². The minimum atomic E-state index is 0.551. The molecule has 1 fully saturated rings. The Morgan fingerprint density at radius 1 is 0.955 bits per heavy atom. The van der Waals surface area contributed by atoms with E-state index in [4.69, 9.17) is 4.98 Å². The summed E-state index contributed by atoms with van der Waals surface area (Å²) in [6.45, 7) is 2.15. The van der Waals surface area contributed by atoms with Gasteiger partial charge >= 0.3 is 0 Å². The predicted molar refractivity (Wildman–Crippen MR) is 85.4 cm³/mol. The summed E-state index contributed by atoms with van der Waals surface area (Å²) in [7, 11) is 0. The van der Waals surface area contributed by atoms with E-state index in [0.717, 1.165) is 53.8 Å². The molecule has 0 unspecified atom stereocenters. The van der Waals surface area contributed by atoms with E-state index in [9.17, 15) is 0 Å². The van der Waals surface area contributed by atoms with Crippen molar-refractivity contribution in [3.8, 4) is 11.1 Å². The molecule has 0 atom stereocenters. The Kier molecular flexibility index (Phi) is 3.48. The van der Waals surface area contributed by atoms with E-state index >= 15 is 0 Å². The highest BCUT2D eigenvalue weighted by Gasteiger charge is 2.16. The Balaban J connectivity index is 1.70. The largest absolute Gasteiger partial charge is 0.317 e. The van der Waals surface area contributed by atoms with E-state index in [1.807, 2.05) is 6.20 Å². The van der Waals surface area contributed by atoms with Crippen LogP contribution in [0, 0.1) is 0 Å². The number of nitrogens with zero attached hydrogens (tertiary/aromatic N) is 4. The molecule has 0 spiro atoms. The fraction of sp³-hybridized carbons (Fsp3) is 0.294.